The molecule has 1 aliphatic rings. The summed E-state index contributed by atoms with van der Waals surface area (Å²) in [6, 6.07) is 9.40. The molecule has 1 atom stereocenters. The Hall–Kier alpha value is -2.32. The van der Waals surface area contributed by atoms with Crippen LogP contribution >= 0.6 is 23.1 Å². The zero-order chi connectivity index (χ0) is 17.1. The Morgan fingerprint density at radius 1 is 1.17 bits per heavy atom. The topological polar surface area (TPSA) is 92.5 Å². The molecule has 2 heterocycles. The van der Waals surface area contributed by atoms with Gasteiger partial charge in [0.15, 0.2) is 0 Å². The lowest BCUT2D eigenvalue weighted by Crippen LogP contribution is -2.44. The lowest BCUT2D eigenvalue weighted by Gasteiger charge is -2.22. The number of thiophene rings is 1. The van der Waals surface area contributed by atoms with E-state index in [0.717, 1.165) is 0 Å². The Bertz CT molecular complexity index is 759. The minimum absolute atomic E-state index is 0.126. The van der Waals surface area contributed by atoms with Crippen LogP contribution in [0.4, 0.5) is 5.69 Å². The number of primary amides is 1. The predicted octanol–water partition coefficient (Wildman–Crippen LogP) is 2.00. The third-order valence-electron chi connectivity index (χ3n) is 3.61. The summed E-state index contributed by atoms with van der Waals surface area (Å²) in [7, 11) is 0. The highest BCUT2D eigenvalue weighted by molar-refractivity contribution is 7.99. The lowest BCUT2D eigenvalue weighted by atomic mass is 10.2. The smallest absolute Gasteiger partial charge is 0.265 e. The molecule has 3 rings (SSSR count). The van der Waals surface area contributed by atoms with Crippen LogP contribution in [-0.4, -0.2) is 40.3 Å². The average molecular weight is 361 g/mol. The molecule has 0 spiro atoms. The molecular formula is C16H15N3O3S2. The van der Waals surface area contributed by atoms with Crippen LogP contribution in [0.5, 0.6) is 0 Å². The maximum atomic E-state index is 12.5. The minimum Gasteiger partial charge on any atom is -0.366 e. The van der Waals surface area contributed by atoms with E-state index in [1.54, 1.807) is 47.0 Å². The van der Waals surface area contributed by atoms with Gasteiger partial charge in [-0.05, 0) is 35.7 Å². The highest BCUT2D eigenvalue weighted by Gasteiger charge is 2.35. The van der Waals surface area contributed by atoms with Crippen molar-refractivity contribution in [2.24, 2.45) is 5.73 Å². The number of rotatable bonds is 4. The number of nitrogens with two attached hydrogens (primary N) is 1. The normalized spacial score (nSPS) is 16.8. The number of nitrogens with one attached hydrogen (secondary N) is 1. The molecule has 124 valence electrons. The van der Waals surface area contributed by atoms with Gasteiger partial charge < -0.3 is 16.0 Å². The lowest BCUT2D eigenvalue weighted by molar-refractivity contribution is -0.119. The standard InChI is InChI=1S/C16H15N3O3S2/c17-14(20)10-3-5-11(6-4-10)18-15(21)12-8-23-9-19(12)16(22)13-2-1-7-24-13/h1-7,12H,8-9H2,(H2,17,20)(H,18,21). The van der Waals surface area contributed by atoms with Crippen LogP contribution < -0.4 is 11.1 Å². The molecule has 8 heteroatoms. The fourth-order valence-corrected chi connectivity index (χ4v) is 4.18. The number of amides is 3. The molecule has 3 amide bonds. The molecule has 1 saturated heterocycles. The van der Waals surface area contributed by atoms with Gasteiger partial charge in [0, 0.05) is 17.0 Å². The summed E-state index contributed by atoms with van der Waals surface area (Å²) in [4.78, 5) is 38.3. The molecule has 1 aliphatic heterocycles. The quantitative estimate of drug-likeness (QED) is 0.871. The first-order chi connectivity index (χ1) is 11.6. The van der Waals surface area contributed by atoms with E-state index in [1.807, 2.05) is 11.4 Å². The van der Waals surface area contributed by atoms with Crippen LogP contribution in [0, 0.1) is 0 Å². The van der Waals surface area contributed by atoms with Crippen molar-refractivity contribution in [1.82, 2.24) is 4.90 Å². The zero-order valence-electron chi connectivity index (χ0n) is 12.6. The van der Waals surface area contributed by atoms with Crippen LogP contribution in [0.25, 0.3) is 0 Å². The van der Waals surface area contributed by atoms with Crippen molar-refractivity contribution in [3.63, 3.8) is 0 Å². The van der Waals surface area contributed by atoms with Gasteiger partial charge in [-0.25, -0.2) is 0 Å². The summed E-state index contributed by atoms with van der Waals surface area (Å²) in [5.74, 6) is 0.168. The molecule has 1 aromatic carbocycles. The summed E-state index contributed by atoms with van der Waals surface area (Å²) in [5, 5.41) is 4.62. The second kappa shape index (κ2) is 7.06. The number of benzene rings is 1. The summed E-state index contributed by atoms with van der Waals surface area (Å²) in [5.41, 5.74) is 6.12. The highest BCUT2D eigenvalue weighted by Crippen LogP contribution is 2.25. The molecule has 1 fully saturated rings. The van der Waals surface area contributed by atoms with Crippen LogP contribution in [0.3, 0.4) is 0 Å². The third-order valence-corrected chi connectivity index (χ3v) is 5.48. The number of nitrogens with zero attached hydrogens (tertiary/aromatic N) is 1. The van der Waals surface area contributed by atoms with E-state index < -0.39 is 11.9 Å². The van der Waals surface area contributed by atoms with Crippen molar-refractivity contribution in [3.8, 4) is 0 Å². The highest BCUT2D eigenvalue weighted by atomic mass is 32.2. The first-order valence-corrected chi connectivity index (χ1v) is 9.22. The number of carbonyl (C=O) groups is 3. The summed E-state index contributed by atoms with van der Waals surface area (Å²) >= 11 is 2.91. The zero-order valence-corrected chi connectivity index (χ0v) is 14.2. The Balaban J connectivity index is 1.69. The van der Waals surface area contributed by atoms with Gasteiger partial charge in [0.1, 0.15) is 6.04 Å². The van der Waals surface area contributed by atoms with Crippen molar-refractivity contribution in [2.45, 2.75) is 6.04 Å². The van der Waals surface area contributed by atoms with Gasteiger partial charge in [0.05, 0.1) is 10.8 Å². The SMILES string of the molecule is NC(=O)c1ccc(NC(=O)C2CSCN2C(=O)c2cccs2)cc1. The number of hydrogen-bond donors (Lipinski definition) is 2. The van der Waals surface area contributed by atoms with E-state index in [0.29, 0.717) is 27.8 Å². The number of carbonyl (C=O) groups excluding carboxylic acids is 3. The van der Waals surface area contributed by atoms with Crippen LogP contribution in [0.15, 0.2) is 41.8 Å². The van der Waals surface area contributed by atoms with E-state index in [-0.39, 0.29) is 11.8 Å². The second-order valence-corrected chi connectivity index (χ2v) is 7.15. The van der Waals surface area contributed by atoms with Crippen molar-refractivity contribution < 1.29 is 14.4 Å². The van der Waals surface area contributed by atoms with E-state index in [4.69, 9.17) is 5.73 Å². The first kappa shape index (κ1) is 16.5. The molecule has 6 nitrogen and oxygen atoms in total. The van der Waals surface area contributed by atoms with E-state index in [9.17, 15) is 14.4 Å². The predicted molar refractivity (Wildman–Crippen MR) is 95.2 cm³/mol. The molecule has 1 unspecified atom stereocenters. The van der Waals surface area contributed by atoms with Crippen molar-refractivity contribution >= 4 is 46.5 Å². The minimum atomic E-state index is -0.521. The number of anilines is 1. The largest absolute Gasteiger partial charge is 0.366 e. The van der Waals surface area contributed by atoms with Gasteiger partial charge in [-0.2, -0.15) is 0 Å². The van der Waals surface area contributed by atoms with E-state index in [1.165, 1.54) is 11.3 Å². The van der Waals surface area contributed by atoms with Crippen LogP contribution in [0.2, 0.25) is 0 Å². The maximum Gasteiger partial charge on any atom is 0.265 e. The van der Waals surface area contributed by atoms with E-state index >= 15 is 0 Å². The molecule has 2 aromatic rings. The second-order valence-electron chi connectivity index (χ2n) is 5.20. The molecular weight excluding hydrogens is 346 g/mol. The molecule has 0 bridgehead atoms. The molecule has 0 saturated carbocycles. The monoisotopic (exact) mass is 361 g/mol. The summed E-state index contributed by atoms with van der Waals surface area (Å²) < 4.78 is 0. The average Bonchev–Trinajstić information content (AvgIpc) is 3.26. The Morgan fingerprint density at radius 3 is 2.54 bits per heavy atom. The van der Waals surface area contributed by atoms with Gasteiger partial charge in [-0.1, -0.05) is 6.07 Å². The van der Waals surface area contributed by atoms with Gasteiger partial charge in [-0.3, -0.25) is 14.4 Å². The summed E-state index contributed by atoms with van der Waals surface area (Å²) in [6.07, 6.45) is 0. The Kier molecular flexibility index (Phi) is 4.86. The molecule has 24 heavy (non-hydrogen) atoms. The van der Waals surface area contributed by atoms with E-state index in [2.05, 4.69) is 5.32 Å². The fourth-order valence-electron chi connectivity index (χ4n) is 2.35. The fraction of sp³-hybridized carbons (Fsp3) is 0.188. The van der Waals surface area contributed by atoms with Crippen molar-refractivity contribution in [1.29, 1.82) is 0 Å². The first-order valence-electron chi connectivity index (χ1n) is 7.19. The van der Waals surface area contributed by atoms with Gasteiger partial charge in [0.2, 0.25) is 11.8 Å². The number of thioether (sulfide) groups is 1. The van der Waals surface area contributed by atoms with Crippen LogP contribution in [-0.2, 0) is 4.79 Å². The van der Waals surface area contributed by atoms with Gasteiger partial charge in [-0.15, -0.1) is 23.1 Å². The van der Waals surface area contributed by atoms with Crippen molar-refractivity contribution in [2.75, 3.05) is 16.9 Å². The number of hydrogen-bond acceptors (Lipinski definition) is 5. The Labute approximate surface area is 147 Å². The molecule has 0 aliphatic carbocycles. The maximum absolute atomic E-state index is 12.5. The van der Waals surface area contributed by atoms with Crippen molar-refractivity contribution in [3.05, 3.63) is 52.2 Å². The van der Waals surface area contributed by atoms with Crippen LogP contribution in [0.1, 0.15) is 20.0 Å². The molecule has 1 aromatic heterocycles. The third kappa shape index (κ3) is 3.44. The van der Waals surface area contributed by atoms with Gasteiger partial charge in [0.25, 0.3) is 5.91 Å². The van der Waals surface area contributed by atoms with Gasteiger partial charge >= 0.3 is 0 Å². The molecule has 3 N–H and O–H groups in total. The Morgan fingerprint density at radius 2 is 1.92 bits per heavy atom. The molecule has 0 radical (unpaired) electrons. The summed E-state index contributed by atoms with van der Waals surface area (Å²) in [6.45, 7) is 0.